The van der Waals surface area contributed by atoms with Gasteiger partial charge in [-0.2, -0.15) is 0 Å². The second-order valence-electron chi connectivity index (χ2n) is 5.68. The van der Waals surface area contributed by atoms with E-state index in [1.165, 1.54) is 17.2 Å². The molecule has 0 aliphatic carbocycles. The van der Waals surface area contributed by atoms with Gasteiger partial charge in [0.25, 0.3) is 0 Å². The summed E-state index contributed by atoms with van der Waals surface area (Å²) in [7, 11) is 0. The van der Waals surface area contributed by atoms with Gasteiger partial charge in [-0.1, -0.05) is 0 Å². The number of halogens is 1. The monoisotopic (exact) mass is 360 g/mol. The first-order valence-corrected chi connectivity index (χ1v) is 7.82. The quantitative estimate of drug-likeness (QED) is 0.438. The first kappa shape index (κ1) is 17.8. The minimum Gasteiger partial charge on any atom is -0.441 e. The van der Waals surface area contributed by atoms with Crippen molar-refractivity contribution in [3.63, 3.8) is 0 Å². The minimum absolute atomic E-state index is 0.167. The van der Waals surface area contributed by atoms with Crippen LogP contribution < -0.4 is 10.4 Å². The zero-order chi connectivity index (χ0) is 18.7. The molecule has 3 rings (SSSR count). The number of nitrogens with zero attached hydrogens (tertiary/aromatic N) is 3. The summed E-state index contributed by atoms with van der Waals surface area (Å²) in [5, 5.41) is 17.8. The molecule has 0 spiro atoms. The van der Waals surface area contributed by atoms with Crippen LogP contribution in [0.5, 0.6) is 0 Å². The van der Waals surface area contributed by atoms with Gasteiger partial charge < -0.3 is 9.84 Å². The first-order valence-electron chi connectivity index (χ1n) is 7.82. The van der Waals surface area contributed by atoms with E-state index in [1.54, 1.807) is 31.2 Å². The molecule has 0 saturated carbocycles. The molecule has 1 fully saturated rings. The molecule has 1 amide bonds. The number of aliphatic imine (C=N–C) groups is 1. The van der Waals surface area contributed by atoms with E-state index >= 15 is 0 Å². The Balaban J connectivity index is 1.83. The lowest BCUT2D eigenvalue weighted by atomic mass is 10.1. The summed E-state index contributed by atoms with van der Waals surface area (Å²) >= 11 is 0. The Labute approximate surface area is 148 Å². The largest absolute Gasteiger partial charge is 0.441 e. The van der Waals surface area contributed by atoms with Crippen molar-refractivity contribution in [3.05, 3.63) is 42.3 Å². The fraction of sp³-hybridized carbons (Fsp3) is 0.235. The van der Waals surface area contributed by atoms with Crippen molar-refractivity contribution in [1.29, 1.82) is 0 Å². The van der Waals surface area contributed by atoms with Crippen LogP contribution in [0.1, 0.15) is 6.92 Å². The lowest BCUT2D eigenvalue weighted by Crippen LogP contribution is -2.25. The normalized spacial score (nSPS) is 17.4. The molecule has 1 saturated heterocycles. The summed E-state index contributed by atoms with van der Waals surface area (Å²) in [6.45, 7) is 1.45. The number of pyridine rings is 1. The van der Waals surface area contributed by atoms with Crippen molar-refractivity contribution in [3.8, 4) is 11.1 Å². The van der Waals surface area contributed by atoms with Crippen LogP contribution in [0.4, 0.5) is 20.7 Å². The highest BCUT2D eigenvalue weighted by Crippen LogP contribution is 2.29. The van der Waals surface area contributed by atoms with Crippen LogP contribution in [0.2, 0.25) is 0 Å². The van der Waals surface area contributed by atoms with E-state index < -0.39 is 18.0 Å². The topological polar surface area (TPSA) is 107 Å². The third-order valence-corrected chi connectivity index (χ3v) is 3.84. The number of carbonyl (C=O) groups excluding carboxylic acids is 1. The van der Waals surface area contributed by atoms with E-state index in [4.69, 9.17) is 15.1 Å². The lowest BCUT2D eigenvalue weighted by molar-refractivity contribution is 0.0963. The highest BCUT2D eigenvalue weighted by atomic mass is 19.1. The number of hydrogen-bond acceptors (Lipinski definition) is 6. The van der Waals surface area contributed by atoms with Gasteiger partial charge in [0.2, 0.25) is 0 Å². The molecule has 136 valence electrons. The molecule has 1 atom stereocenters. The van der Waals surface area contributed by atoms with Crippen molar-refractivity contribution in [1.82, 2.24) is 10.5 Å². The Hall–Kier alpha value is -3.04. The van der Waals surface area contributed by atoms with Gasteiger partial charge in [0.1, 0.15) is 17.8 Å². The number of amidine groups is 1. The average Bonchev–Trinajstić information content (AvgIpc) is 3.03. The van der Waals surface area contributed by atoms with Crippen LogP contribution in [0.3, 0.4) is 0 Å². The van der Waals surface area contributed by atoms with Crippen LogP contribution in [-0.4, -0.2) is 46.5 Å². The zero-order valence-corrected chi connectivity index (χ0v) is 13.9. The molecule has 1 aromatic heterocycles. The van der Waals surface area contributed by atoms with Gasteiger partial charge in [0, 0.05) is 17.3 Å². The third-order valence-electron chi connectivity index (χ3n) is 3.84. The second-order valence-corrected chi connectivity index (χ2v) is 5.68. The number of benzene rings is 1. The number of amides is 1. The van der Waals surface area contributed by atoms with Gasteiger partial charge in [-0.15, -0.1) is 0 Å². The Morgan fingerprint density at radius 2 is 2.27 bits per heavy atom. The number of ether oxygens (including phenoxy) is 1. The molecular weight excluding hydrogens is 343 g/mol. The lowest BCUT2D eigenvalue weighted by Gasteiger charge is -2.14. The van der Waals surface area contributed by atoms with Crippen molar-refractivity contribution in [2.24, 2.45) is 4.99 Å². The van der Waals surface area contributed by atoms with E-state index in [1.807, 2.05) is 5.48 Å². The number of aliphatic hydroxyl groups excluding tert-OH is 1. The van der Waals surface area contributed by atoms with Crippen LogP contribution in [0.25, 0.3) is 11.1 Å². The number of cyclic esters (lactones) is 1. The number of anilines is 1. The average molecular weight is 360 g/mol. The van der Waals surface area contributed by atoms with Gasteiger partial charge in [0.15, 0.2) is 5.82 Å². The molecular formula is C17H17FN4O4. The van der Waals surface area contributed by atoms with Crippen LogP contribution in [-0.2, 0) is 4.74 Å². The fourth-order valence-corrected chi connectivity index (χ4v) is 2.54. The first-order chi connectivity index (χ1) is 12.5. The van der Waals surface area contributed by atoms with E-state index in [2.05, 4.69) is 9.98 Å². The Kier molecular flexibility index (Phi) is 5.10. The maximum absolute atomic E-state index is 14.5. The summed E-state index contributed by atoms with van der Waals surface area (Å²) in [4.78, 5) is 21.2. The van der Waals surface area contributed by atoms with Gasteiger partial charge in [-0.05, 0) is 37.3 Å². The number of nitrogens with one attached hydrogen (secondary N) is 1. The second kappa shape index (κ2) is 7.46. The maximum atomic E-state index is 14.5. The molecule has 1 aliphatic rings. The van der Waals surface area contributed by atoms with Crippen molar-refractivity contribution in [2.45, 2.75) is 13.0 Å². The number of aromatic nitrogens is 1. The molecule has 0 bridgehead atoms. The molecule has 2 heterocycles. The van der Waals surface area contributed by atoms with Crippen molar-refractivity contribution >= 4 is 23.4 Å². The summed E-state index contributed by atoms with van der Waals surface area (Å²) < 4.78 is 19.5. The Bertz CT molecular complexity index is 841. The van der Waals surface area contributed by atoms with Gasteiger partial charge in [-0.25, -0.2) is 19.2 Å². The van der Waals surface area contributed by atoms with E-state index in [9.17, 15) is 9.18 Å². The van der Waals surface area contributed by atoms with E-state index in [-0.39, 0.29) is 19.0 Å². The number of carbonyl (C=O) groups is 1. The SMILES string of the molecule is CC(=Nc1ccc(-c2ccc(N3CC(CO)OC3=O)cc2F)cn1)NO. The minimum atomic E-state index is -0.618. The summed E-state index contributed by atoms with van der Waals surface area (Å²) in [5.41, 5.74) is 3.12. The molecule has 8 nitrogen and oxygen atoms in total. The number of aliphatic hydroxyl groups is 1. The number of rotatable bonds is 4. The number of hydroxylamine groups is 1. The molecule has 1 aromatic carbocycles. The highest BCUT2D eigenvalue weighted by molar-refractivity contribution is 5.90. The molecule has 3 N–H and O–H groups in total. The van der Waals surface area contributed by atoms with Gasteiger partial charge >= 0.3 is 6.09 Å². The van der Waals surface area contributed by atoms with Gasteiger partial charge in [-0.3, -0.25) is 15.6 Å². The zero-order valence-electron chi connectivity index (χ0n) is 13.9. The van der Waals surface area contributed by atoms with Crippen LogP contribution in [0, 0.1) is 5.82 Å². The molecule has 26 heavy (non-hydrogen) atoms. The highest BCUT2D eigenvalue weighted by Gasteiger charge is 2.32. The van der Waals surface area contributed by atoms with E-state index in [0.29, 0.717) is 22.6 Å². The summed E-state index contributed by atoms with van der Waals surface area (Å²) in [6, 6.07) is 7.63. The van der Waals surface area contributed by atoms with Crippen LogP contribution >= 0.6 is 0 Å². The Morgan fingerprint density at radius 1 is 1.46 bits per heavy atom. The van der Waals surface area contributed by atoms with Crippen molar-refractivity contribution in [2.75, 3.05) is 18.1 Å². The van der Waals surface area contributed by atoms with Crippen LogP contribution in [0.15, 0.2) is 41.5 Å². The molecule has 2 aromatic rings. The smallest absolute Gasteiger partial charge is 0.414 e. The number of hydrogen-bond donors (Lipinski definition) is 3. The fourth-order valence-electron chi connectivity index (χ4n) is 2.54. The standard InChI is InChI=1S/C17H17FN4O4/c1-10(21-25)20-16-5-2-11(7-19-16)14-4-3-12(6-15(14)18)22-8-13(9-23)26-17(22)24/h2-7,13,23,25H,8-9H2,1H3,(H,19,20,21). The summed E-state index contributed by atoms with van der Waals surface area (Å²) in [5.74, 6) is 0.119. The maximum Gasteiger partial charge on any atom is 0.414 e. The summed E-state index contributed by atoms with van der Waals surface area (Å²) in [6.07, 6.45) is 0.236. The predicted octanol–water partition coefficient (Wildman–Crippen LogP) is 2.23. The molecule has 0 radical (unpaired) electrons. The van der Waals surface area contributed by atoms with E-state index in [0.717, 1.165) is 0 Å². The predicted molar refractivity (Wildman–Crippen MR) is 92.0 cm³/mol. The molecule has 1 unspecified atom stereocenters. The molecule has 1 aliphatic heterocycles. The molecule has 9 heteroatoms. The van der Waals surface area contributed by atoms with Crippen molar-refractivity contribution < 1.29 is 24.2 Å². The third kappa shape index (κ3) is 3.63. The Morgan fingerprint density at radius 3 is 2.85 bits per heavy atom. The van der Waals surface area contributed by atoms with Gasteiger partial charge in [0.05, 0.1) is 18.8 Å².